The van der Waals surface area contributed by atoms with E-state index in [1.807, 2.05) is 0 Å². The highest BCUT2D eigenvalue weighted by atomic mass is 35.5. The van der Waals surface area contributed by atoms with E-state index < -0.39 is 17.8 Å². The molecule has 0 radical (unpaired) electrons. The third-order valence-corrected chi connectivity index (χ3v) is 3.99. The second-order valence-corrected chi connectivity index (χ2v) is 5.90. The van der Waals surface area contributed by atoms with Crippen molar-refractivity contribution in [1.82, 2.24) is 9.80 Å². The minimum atomic E-state index is -4.63. The fourth-order valence-corrected chi connectivity index (χ4v) is 2.66. The highest BCUT2D eigenvalue weighted by Crippen LogP contribution is 2.36. The van der Waals surface area contributed by atoms with Crippen LogP contribution in [0.4, 0.5) is 23.7 Å². The van der Waals surface area contributed by atoms with Crippen LogP contribution in [0.5, 0.6) is 0 Å². The lowest BCUT2D eigenvalue weighted by Crippen LogP contribution is -2.39. The summed E-state index contributed by atoms with van der Waals surface area (Å²) < 4.78 is 39.2. The molecule has 1 N–H and O–H groups in total. The molecule has 132 valence electrons. The molecule has 0 atom stereocenters. The van der Waals surface area contributed by atoms with Gasteiger partial charge >= 0.3 is 12.2 Å². The van der Waals surface area contributed by atoms with Gasteiger partial charge in [-0.25, -0.2) is 4.79 Å². The van der Waals surface area contributed by atoms with Gasteiger partial charge < -0.3 is 15.1 Å². The van der Waals surface area contributed by atoms with Crippen LogP contribution in [0.1, 0.15) is 18.9 Å². The van der Waals surface area contributed by atoms with Crippen LogP contribution >= 0.6 is 11.6 Å². The summed E-state index contributed by atoms with van der Waals surface area (Å²) >= 11 is 5.61. The van der Waals surface area contributed by atoms with Crippen LogP contribution < -0.4 is 5.32 Å². The first-order valence-corrected chi connectivity index (χ1v) is 7.74. The number of carbonyl (C=O) groups excluding carboxylic acids is 2. The Kier molecular flexibility index (Phi) is 5.58. The molecule has 0 spiro atoms. The monoisotopic (exact) mass is 363 g/mol. The van der Waals surface area contributed by atoms with Crippen molar-refractivity contribution < 1.29 is 22.8 Å². The normalized spacial score (nSPS) is 15.9. The molecule has 1 fully saturated rings. The lowest BCUT2D eigenvalue weighted by atomic mass is 10.1. The molecule has 1 aliphatic heterocycles. The first-order chi connectivity index (χ1) is 11.2. The van der Waals surface area contributed by atoms with E-state index in [1.54, 1.807) is 4.90 Å². The van der Waals surface area contributed by atoms with E-state index >= 15 is 0 Å². The zero-order chi connectivity index (χ0) is 17.9. The van der Waals surface area contributed by atoms with E-state index in [9.17, 15) is 22.8 Å². The van der Waals surface area contributed by atoms with Crippen LogP contribution in [0, 0.1) is 0 Å². The fraction of sp³-hybridized carbons (Fsp3) is 0.467. The molecule has 2 rings (SSSR count). The van der Waals surface area contributed by atoms with Crippen molar-refractivity contribution >= 4 is 29.2 Å². The van der Waals surface area contributed by atoms with Crippen molar-refractivity contribution in [1.29, 1.82) is 0 Å². The maximum absolute atomic E-state index is 13.1. The minimum Gasteiger partial charge on any atom is -0.341 e. The van der Waals surface area contributed by atoms with Crippen LogP contribution in [-0.2, 0) is 11.0 Å². The Hall–Kier alpha value is -1.96. The molecule has 1 saturated heterocycles. The van der Waals surface area contributed by atoms with E-state index in [1.165, 1.54) is 17.9 Å². The van der Waals surface area contributed by atoms with Crippen molar-refractivity contribution in [3.63, 3.8) is 0 Å². The summed E-state index contributed by atoms with van der Waals surface area (Å²) in [5, 5.41) is 2.23. The van der Waals surface area contributed by atoms with Crippen molar-refractivity contribution in [3.8, 4) is 0 Å². The highest BCUT2D eigenvalue weighted by molar-refractivity contribution is 6.30. The maximum Gasteiger partial charge on any atom is 0.418 e. The van der Waals surface area contributed by atoms with Crippen molar-refractivity contribution in [2.45, 2.75) is 19.5 Å². The number of nitrogens with one attached hydrogen (secondary N) is 1. The molecule has 0 unspecified atom stereocenters. The molecular weight excluding hydrogens is 347 g/mol. The molecule has 0 aliphatic carbocycles. The first kappa shape index (κ1) is 18.4. The van der Waals surface area contributed by atoms with Crippen LogP contribution in [-0.4, -0.2) is 47.9 Å². The number of nitrogens with zero attached hydrogens (tertiary/aromatic N) is 2. The van der Waals surface area contributed by atoms with Crippen molar-refractivity contribution in [3.05, 3.63) is 28.8 Å². The molecule has 5 nitrogen and oxygen atoms in total. The molecule has 1 aromatic rings. The number of benzene rings is 1. The number of rotatable bonds is 1. The Morgan fingerprint density at radius 3 is 2.38 bits per heavy atom. The molecule has 0 aromatic heterocycles. The second-order valence-electron chi connectivity index (χ2n) is 5.46. The van der Waals surface area contributed by atoms with Gasteiger partial charge in [0.05, 0.1) is 11.3 Å². The summed E-state index contributed by atoms with van der Waals surface area (Å²) in [7, 11) is 0. The summed E-state index contributed by atoms with van der Waals surface area (Å²) in [6.45, 7) is 2.95. The number of carbonyl (C=O) groups is 2. The van der Waals surface area contributed by atoms with Gasteiger partial charge in [0.1, 0.15) is 0 Å². The lowest BCUT2D eigenvalue weighted by Gasteiger charge is -2.23. The van der Waals surface area contributed by atoms with Crippen LogP contribution in [0.25, 0.3) is 0 Å². The van der Waals surface area contributed by atoms with E-state index in [0.29, 0.717) is 26.1 Å². The van der Waals surface area contributed by atoms with Crippen LogP contribution in [0.3, 0.4) is 0 Å². The minimum absolute atomic E-state index is 0.0628. The third-order valence-electron chi connectivity index (χ3n) is 3.76. The average molecular weight is 364 g/mol. The Labute approximate surface area is 142 Å². The second kappa shape index (κ2) is 7.29. The van der Waals surface area contributed by atoms with Gasteiger partial charge in [-0.3, -0.25) is 4.79 Å². The maximum atomic E-state index is 13.1. The zero-order valence-electron chi connectivity index (χ0n) is 13.0. The van der Waals surface area contributed by atoms with Gasteiger partial charge in [0.2, 0.25) is 5.91 Å². The van der Waals surface area contributed by atoms with E-state index in [4.69, 9.17) is 11.6 Å². The number of hydrogen-bond acceptors (Lipinski definition) is 2. The predicted octanol–water partition coefficient (Wildman–Crippen LogP) is 3.44. The standard InChI is InChI=1S/C15H17ClF3N3O2/c1-10(23)21-5-2-6-22(8-7-21)14(24)20-13-4-3-11(16)9-12(13)15(17,18)19/h3-4,9H,2,5-8H2,1H3,(H,20,24). The Bertz CT molecular complexity index is 637. The summed E-state index contributed by atoms with van der Waals surface area (Å²) in [6, 6.07) is 2.56. The molecule has 3 amide bonds. The molecule has 9 heteroatoms. The quantitative estimate of drug-likeness (QED) is 0.831. The number of anilines is 1. The van der Waals surface area contributed by atoms with Gasteiger partial charge in [-0.05, 0) is 24.6 Å². The Balaban J connectivity index is 2.11. The summed E-state index contributed by atoms with van der Waals surface area (Å²) in [5.74, 6) is -0.0886. The number of hydrogen-bond donors (Lipinski definition) is 1. The van der Waals surface area contributed by atoms with Crippen molar-refractivity contribution in [2.75, 3.05) is 31.5 Å². The van der Waals surface area contributed by atoms with Gasteiger partial charge in [0, 0.05) is 38.1 Å². The highest BCUT2D eigenvalue weighted by Gasteiger charge is 2.34. The first-order valence-electron chi connectivity index (χ1n) is 7.36. The van der Waals surface area contributed by atoms with E-state index in [0.717, 1.165) is 12.1 Å². The zero-order valence-corrected chi connectivity index (χ0v) is 13.7. The molecule has 0 bridgehead atoms. The van der Waals surface area contributed by atoms with Gasteiger partial charge in [-0.15, -0.1) is 0 Å². The molecular formula is C15H17ClF3N3O2. The third kappa shape index (κ3) is 4.53. The van der Waals surface area contributed by atoms with Crippen molar-refractivity contribution in [2.24, 2.45) is 0 Å². The van der Waals surface area contributed by atoms with Crippen LogP contribution in [0.15, 0.2) is 18.2 Å². The largest absolute Gasteiger partial charge is 0.418 e. The predicted molar refractivity (Wildman–Crippen MR) is 83.9 cm³/mol. The van der Waals surface area contributed by atoms with Gasteiger partial charge in [-0.2, -0.15) is 13.2 Å². The molecule has 24 heavy (non-hydrogen) atoms. The smallest absolute Gasteiger partial charge is 0.341 e. The fourth-order valence-electron chi connectivity index (χ4n) is 2.49. The Morgan fingerprint density at radius 1 is 1.12 bits per heavy atom. The summed E-state index contributed by atoms with van der Waals surface area (Å²) in [4.78, 5) is 26.7. The van der Waals surface area contributed by atoms with Crippen LogP contribution in [0.2, 0.25) is 5.02 Å². The van der Waals surface area contributed by atoms with E-state index in [2.05, 4.69) is 5.32 Å². The molecule has 1 heterocycles. The molecule has 1 aliphatic rings. The molecule has 1 aromatic carbocycles. The van der Waals surface area contributed by atoms with Gasteiger partial charge in [0.15, 0.2) is 0 Å². The summed E-state index contributed by atoms with van der Waals surface area (Å²) in [6.07, 6.45) is -4.06. The SMILES string of the molecule is CC(=O)N1CCCN(C(=O)Nc2ccc(Cl)cc2C(F)(F)F)CC1. The topological polar surface area (TPSA) is 52.7 Å². The number of urea groups is 1. The number of halogens is 4. The van der Waals surface area contributed by atoms with E-state index in [-0.39, 0.29) is 23.2 Å². The summed E-state index contributed by atoms with van der Waals surface area (Å²) in [5.41, 5.74) is -1.34. The lowest BCUT2D eigenvalue weighted by molar-refractivity contribution is -0.137. The average Bonchev–Trinajstić information content (AvgIpc) is 2.74. The van der Waals surface area contributed by atoms with Gasteiger partial charge in [0.25, 0.3) is 0 Å². The Morgan fingerprint density at radius 2 is 1.75 bits per heavy atom. The van der Waals surface area contributed by atoms with Gasteiger partial charge in [-0.1, -0.05) is 11.6 Å². The number of amides is 3. The molecule has 0 saturated carbocycles. The number of alkyl halides is 3.